The minimum absolute atomic E-state index is 0.0532. The summed E-state index contributed by atoms with van der Waals surface area (Å²) in [6.07, 6.45) is -1.62. The number of pyridine rings is 1. The quantitative estimate of drug-likeness (QED) is 0.626. The molecule has 150 valence electrons. The van der Waals surface area contributed by atoms with Crippen molar-refractivity contribution in [2.24, 2.45) is 0 Å². The Morgan fingerprint density at radius 2 is 1.76 bits per heavy atom. The second-order valence-corrected chi connectivity index (χ2v) is 7.02. The minimum Gasteiger partial charge on any atom is -0.488 e. The summed E-state index contributed by atoms with van der Waals surface area (Å²) < 4.78 is 44.8. The van der Waals surface area contributed by atoms with Gasteiger partial charge < -0.3 is 9.64 Å². The van der Waals surface area contributed by atoms with Crippen LogP contribution in [-0.4, -0.2) is 35.0 Å². The number of carbonyl (C=O) groups excluding carboxylic acids is 1. The molecule has 3 aromatic rings. The van der Waals surface area contributed by atoms with E-state index in [9.17, 15) is 18.0 Å². The number of aromatic nitrogens is 1. The Labute approximate surface area is 165 Å². The van der Waals surface area contributed by atoms with Crippen molar-refractivity contribution in [2.45, 2.75) is 25.1 Å². The lowest BCUT2D eigenvalue weighted by atomic mass is 10.0. The first-order valence-corrected chi connectivity index (χ1v) is 9.39. The normalized spacial score (nSPS) is 15.5. The van der Waals surface area contributed by atoms with Crippen molar-refractivity contribution in [3.05, 3.63) is 71.9 Å². The molecule has 7 heteroatoms. The third-order valence-electron chi connectivity index (χ3n) is 5.06. The summed E-state index contributed by atoms with van der Waals surface area (Å²) in [5.74, 6) is 0.312. The summed E-state index contributed by atoms with van der Waals surface area (Å²) in [6.45, 7) is 0.857. The van der Waals surface area contributed by atoms with E-state index in [4.69, 9.17) is 4.74 Å². The number of nitrogens with zero attached hydrogens (tertiary/aromatic N) is 2. The monoisotopic (exact) mass is 400 g/mol. The zero-order valence-electron chi connectivity index (χ0n) is 15.5. The van der Waals surface area contributed by atoms with Crippen LogP contribution in [0.1, 0.15) is 28.8 Å². The van der Waals surface area contributed by atoms with Gasteiger partial charge in [-0.3, -0.25) is 9.78 Å². The molecular formula is C22H19F3N2O2. The molecule has 0 saturated carbocycles. The minimum atomic E-state index is -4.47. The summed E-state index contributed by atoms with van der Waals surface area (Å²) in [4.78, 5) is 18.6. The maximum atomic E-state index is 12.9. The first-order chi connectivity index (χ1) is 13.9. The Morgan fingerprint density at radius 3 is 2.52 bits per heavy atom. The molecule has 29 heavy (non-hydrogen) atoms. The third kappa shape index (κ3) is 4.18. The predicted octanol–water partition coefficient (Wildman–Crippen LogP) is 4.94. The summed E-state index contributed by atoms with van der Waals surface area (Å²) in [5.41, 5.74) is 0.0277. The van der Waals surface area contributed by atoms with Gasteiger partial charge in [-0.05, 0) is 30.3 Å². The van der Waals surface area contributed by atoms with Crippen LogP contribution in [0.15, 0.2) is 60.8 Å². The number of halogens is 3. The Morgan fingerprint density at radius 1 is 1.03 bits per heavy atom. The summed E-state index contributed by atoms with van der Waals surface area (Å²) in [5, 5.41) is 0.988. The molecule has 1 fully saturated rings. The number of hydrogen-bond donors (Lipinski definition) is 0. The van der Waals surface area contributed by atoms with Crippen molar-refractivity contribution in [2.75, 3.05) is 13.1 Å². The average Bonchev–Trinajstić information content (AvgIpc) is 2.73. The first kappa shape index (κ1) is 19.2. The van der Waals surface area contributed by atoms with E-state index in [0.717, 1.165) is 23.0 Å². The van der Waals surface area contributed by atoms with Crippen molar-refractivity contribution in [3.63, 3.8) is 0 Å². The molecule has 0 atom stereocenters. The van der Waals surface area contributed by atoms with Crippen LogP contribution in [0.25, 0.3) is 10.9 Å². The van der Waals surface area contributed by atoms with E-state index in [-0.39, 0.29) is 17.6 Å². The Kier molecular flexibility index (Phi) is 5.13. The van der Waals surface area contributed by atoms with Crippen molar-refractivity contribution >= 4 is 16.8 Å². The number of rotatable bonds is 3. The highest BCUT2D eigenvalue weighted by molar-refractivity contribution is 5.94. The number of fused-ring (bicyclic) bond motifs is 1. The molecule has 0 aliphatic carbocycles. The van der Waals surface area contributed by atoms with Crippen LogP contribution in [0, 0.1) is 0 Å². The van der Waals surface area contributed by atoms with E-state index >= 15 is 0 Å². The molecule has 0 unspecified atom stereocenters. The van der Waals surface area contributed by atoms with Crippen LogP contribution in [0.4, 0.5) is 13.2 Å². The average molecular weight is 400 g/mol. The van der Waals surface area contributed by atoms with Crippen molar-refractivity contribution in [3.8, 4) is 5.75 Å². The fourth-order valence-electron chi connectivity index (χ4n) is 3.54. The van der Waals surface area contributed by atoms with Crippen LogP contribution < -0.4 is 4.74 Å². The molecule has 0 spiro atoms. The highest BCUT2D eigenvalue weighted by Crippen LogP contribution is 2.30. The number of likely N-dealkylation sites (tertiary alicyclic amines) is 1. The lowest BCUT2D eigenvalue weighted by Crippen LogP contribution is -2.41. The molecule has 4 rings (SSSR count). The lowest BCUT2D eigenvalue weighted by molar-refractivity contribution is -0.137. The van der Waals surface area contributed by atoms with E-state index in [1.165, 1.54) is 12.1 Å². The number of carbonyl (C=O) groups is 1. The van der Waals surface area contributed by atoms with E-state index in [2.05, 4.69) is 4.98 Å². The molecule has 1 aliphatic rings. The van der Waals surface area contributed by atoms with Crippen LogP contribution in [-0.2, 0) is 6.18 Å². The number of amides is 1. The van der Waals surface area contributed by atoms with Gasteiger partial charge in [-0.1, -0.05) is 24.3 Å². The van der Waals surface area contributed by atoms with Gasteiger partial charge in [-0.2, -0.15) is 13.2 Å². The van der Waals surface area contributed by atoms with Gasteiger partial charge in [0.25, 0.3) is 5.91 Å². The van der Waals surface area contributed by atoms with Crippen LogP contribution in [0.2, 0.25) is 0 Å². The van der Waals surface area contributed by atoms with Crippen molar-refractivity contribution in [1.82, 2.24) is 9.88 Å². The molecule has 0 N–H and O–H groups in total. The van der Waals surface area contributed by atoms with Gasteiger partial charge in [-0.25, -0.2) is 0 Å². The highest BCUT2D eigenvalue weighted by Gasteiger charge is 2.32. The Balaban J connectivity index is 1.41. The molecule has 1 saturated heterocycles. The van der Waals surface area contributed by atoms with E-state index in [1.54, 1.807) is 11.1 Å². The summed E-state index contributed by atoms with van der Waals surface area (Å²) in [6, 6.07) is 14.1. The van der Waals surface area contributed by atoms with Gasteiger partial charge in [0.1, 0.15) is 17.4 Å². The molecule has 2 heterocycles. The Bertz CT molecular complexity index is 1020. The van der Waals surface area contributed by atoms with Crippen molar-refractivity contribution < 1.29 is 22.7 Å². The molecule has 0 radical (unpaired) electrons. The SMILES string of the molecule is O=C(c1cccc(C(F)(F)F)c1)N1CCC(Oc2cccc3cccnc23)CC1. The molecule has 2 aromatic carbocycles. The summed E-state index contributed by atoms with van der Waals surface area (Å²) >= 11 is 0. The molecule has 1 aromatic heterocycles. The topological polar surface area (TPSA) is 42.4 Å². The number of para-hydroxylation sites is 1. The standard InChI is InChI=1S/C22H19F3N2O2/c23-22(24,25)17-7-1-5-16(14-17)21(28)27-12-9-18(10-13-27)29-19-8-2-4-15-6-3-11-26-20(15)19/h1-8,11,14,18H,9-10,12-13H2. The van der Waals surface area contributed by atoms with Crippen LogP contribution in [0.5, 0.6) is 5.75 Å². The van der Waals surface area contributed by atoms with Gasteiger partial charge in [-0.15, -0.1) is 0 Å². The number of ether oxygens (including phenoxy) is 1. The zero-order chi connectivity index (χ0) is 20.4. The van der Waals surface area contributed by atoms with E-state index < -0.39 is 11.7 Å². The molecular weight excluding hydrogens is 381 g/mol. The van der Waals surface area contributed by atoms with Crippen LogP contribution in [0.3, 0.4) is 0 Å². The second-order valence-electron chi connectivity index (χ2n) is 7.02. The van der Waals surface area contributed by atoms with E-state index in [1.807, 2.05) is 30.3 Å². The number of piperidine rings is 1. The highest BCUT2D eigenvalue weighted by atomic mass is 19.4. The molecule has 1 amide bonds. The predicted molar refractivity (Wildman–Crippen MR) is 103 cm³/mol. The maximum Gasteiger partial charge on any atom is 0.416 e. The number of alkyl halides is 3. The van der Waals surface area contributed by atoms with Gasteiger partial charge in [0.15, 0.2) is 0 Å². The molecule has 0 bridgehead atoms. The number of hydrogen-bond acceptors (Lipinski definition) is 3. The zero-order valence-corrected chi connectivity index (χ0v) is 15.5. The largest absolute Gasteiger partial charge is 0.488 e. The maximum absolute atomic E-state index is 12.9. The van der Waals surface area contributed by atoms with E-state index in [0.29, 0.717) is 31.7 Å². The first-order valence-electron chi connectivity index (χ1n) is 9.39. The van der Waals surface area contributed by atoms with Gasteiger partial charge in [0.05, 0.1) is 5.56 Å². The molecule has 1 aliphatic heterocycles. The number of benzene rings is 2. The van der Waals surface area contributed by atoms with Crippen LogP contribution >= 0.6 is 0 Å². The van der Waals surface area contributed by atoms with Gasteiger partial charge in [0.2, 0.25) is 0 Å². The van der Waals surface area contributed by atoms with Gasteiger partial charge in [0, 0.05) is 43.1 Å². The Hall–Kier alpha value is -3.09. The fourth-order valence-corrected chi connectivity index (χ4v) is 3.54. The fraction of sp³-hybridized carbons (Fsp3) is 0.273. The third-order valence-corrected chi connectivity index (χ3v) is 5.06. The smallest absolute Gasteiger partial charge is 0.416 e. The summed E-state index contributed by atoms with van der Waals surface area (Å²) in [7, 11) is 0. The lowest BCUT2D eigenvalue weighted by Gasteiger charge is -2.32. The molecule has 4 nitrogen and oxygen atoms in total. The van der Waals surface area contributed by atoms with Gasteiger partial charge >= 0.3 is 6.18 Å². The second kappa shape index (κ2) is 7.73. The van der Waals surface area contributed by atoms with Crippen molar-refractivity contribution in [1.29, 1.82) is 0 Å².